The first-order valence-electron chi connectivity index (χ1n) is 6.98. The second kappa shape index (κ2) is 4.92. The highest BCUT2D eigenvalue weighted by Gasteiger charge is 2.30. The Kier molecular flexibility index (Phi) is 3.33. The molecule has 0 N–H and O–H groups in total. The van der Waals surface area contributed by atoms with Crippen LogP contribution in [0.15, 0.2) is 28.7 Å². The van der Waals surface area contributed by atoms with Crippen molar-refractivity contribution in [3.8, 4) is 11.7 Å². The number of halogens is 1. The van der Waals surface area contributed by atoms with Crippen LogP contribution < -0.4 is 4.74 Å². The Balaban J connectivity index is 1.94. The molecule has 0 bridgehead atoms. The number of hydrogen-bond acceptors (Lipinski definition) is 3. The van der Waals surface area contributed by atoms with E-state index < -0.39 is 5.24 Å². The van der Waals surface area contributed by atoms with Crippen molar-refractivity contribution in [2.45, 2.75) is 39.0 Å². The second-order valence-corrected chi connectivity index (χ2v) is 6.50. The monoisotopic (exact) mass is 304 g/mol. The van der Waals surface area contributed by atoms with Crippen molar-refractivity contribution >= 4 is 16.8 Å². The lowest BCUT2D eigenvalue weighted by atomic mass is 9.86. The number of rotatable bonds is 3. The molecule has 21 heavy (non-hydrogen) atoms. The number of carbonyl (C=O) groups is 1. The Morgan fingerprint density at radius 1 is 1.33 bits per heavy atom. The van der Waals surface area contributed by atoms with Gasteiger partial charge < -0.3 is 9.15 Å². The summed E-state index contributed by atoms with van der Waals surface area (Å²) < 4.78 is 11.1. The van der Waals surface area contributed by atoms with E-state index in [0.29, 0.717) is 0 Å². The average Bonchev–Trinajstić information content (AvgIpc) is 2.97. The number of aryl methyl sites for hydroxylation is 2. The van der Waals surface area contributed by atoms with E-state index in [1.165, 1.54) is 17.2 Å². The standard InChI is InChI=1S/C17H17ClO3/c1-10-8-11-6-7-17(2,3)12(11)9-14(10)21-15-5-4-13(20-15)16(18)19/h4-5,8-9H,6-7H2,1-3H3. The highest BCUT2D eigenvalue weighted by atomic mass is 35.5. The lowest BCUT2D eigenvalue weighted by molar-refractivity contribution is 0.105. The Morgan fingerprint density at radius 2 is 2.10 bits per heavy atom. The summed E-state index contributed by atoms with van der Waals surface area (Å²) in [6.45, 7) is 6.50. The molecule has 0 fully saturated rings. The van der Waals surface area contributed by atoms with Gasteiger partial charge in [-0.25, -0.2) is 0 Å². The normalized spacial score (nSPS) is 15.8. The summed E-state index contributed by atoms with van der Waals surface area (Å²) in [5.41, 5.74) is 3.94. The summed E-state index contributed by atoms with van der Waals surface area (Å²) in [7, 11) is 0. The molecule has 4 heteroatoms. The SMILES string of the molecule is Cc1cc2c(cc1Oc1ccc(C(=O)Cl)o1)C(C)(C)CC2. The zero-order valence-corrected chi connectivity index (χ0v) is 13.1. The Bertz CT molecular complexity index is 713. The van der Waals surface area contributed by atoms with Gasteiger partial charge in [-0.1, -0.05) is 19.9 Å². The summed E-state index contributed by atoms with van der Waals surface area (Å²) in [5.74, 6) is 1.12. The van der Waals surface area contributed by atoms with Crippen molar-refractivity contribution < 1.29 is 13.9 Å². The van der Waals surface area contributed by atoms with Crippen molar-refractivity contribution in [1.82, 2.24) is 0 Å². The zero-order chi connectivity index (χ0) is 15.2. The third kappa shape index (κ3) is 2.58. The van der Waals surface area contributed by atoms with E-state index in [1.54, 1.807) is 6.07 Å². The van der Waals surface area contributed by atoms with Gasteiger partial charge in [0.15, 0.2) is 5.76 Å². The molecule has 1 aliphatic rings. The topological polar surface area (TPSA) is 39.4 Å². The number of benzene rings is 1. The first kappa shape index (κ1) is 14.2. The summed E-state index contributed by atoms with van der Waals surface area (Å²) in [4.78, 5) is 11.0. The van der Waals surface area contributed by atoms with Crippen LogP contribution in [-0.4, -0.2) is 5.24 Å². The molecule has 0 aliphatic heterocycles. The van der Waals surface area contributed by atoms with E-state index in [9.17, 15) is 4.79 Å². The molecule has 0 saturated heterocycles. The van der Waals surface area contributed by atoms with E-state index in [-0.39, 0.29) is 17.1 Å². The molecule has 0 amide bonds. The van der Waals surface area contributed by atoms with E-state index in [1.807, 2.05) is 6.92 Å². The summed E-state index contributed by atoms with van der Waals surface area (Å²) in [6, 6.07) is 7.38. The van der Waals surface area contributed by atoms with Gasteiger partial charge in [0.05, 0.1) is 0 Å². The predicted octanol–water partition coefficient (Wildman–Crippen LogP) is 4.98. The molecule has 1 heterocycles. The fourth-order valence-corrected chi connectivity index (χ4v) is 2.97. The molecule has 0 atom stereocenters. The van der Waals surface area contributed by atoms with E-state index in [2.05, 4.69) is 26.0 Å². The summed E-state index contributed by atoms with van der Waals surface area (Å²) in [5, 5.41) is -0.628. The van der Waals surface area contributed by atoms with Gasteiger partial charge in [0.2, 0.25) is 0 Å². The highest BCUT2D eigenvalue weighted by Crippen LogP contribution is 2.42. The number of furan rings is 1. The van der Waals surface area contributed by atoms with Crippen molar-refractivity contribution in [3.05, 3.63) is 46.7 Å². The van der Waals surface area contributed by atoms with Gasteiger partial charge in [-0.2, -0.15) is 0 Å². The largest absolute Gasteiger partial charge is 0.426 e. The number of carbonyl (C=O) groups excluding carboxylic acids is 1. The minimum Gasteiger partial charge on any atom is -0.426 e. The average molecular weight is 305 g/mol. The molecular formula is C17H17ClO3. The van der Waals surface area contributed by atoms with E-state index in [4.69, 9.17) is 20.8 Å². The maximum Gasteiger partial charge on any atom is 0.290 e. The van der Waals surface area contributed by atoms with Crippen molar-refractivity contribution in [3.63, 3.8) is 0 Å². The molecule has 3 nitrogen and oxygen atoms in total. The molecule has 0 spiro atoms. The Hall–Kier alpha value is -1.74. The molecular weight excluding hydrogens is 288 g/mol. The van der Waals surface area contributed by atoms with Gasteiger partial charge >= 0.3 is 0 Å². The highest BCUT2D eigenvalue weighted by molar-refractivity contribution is 6.67. The number of hydrogen-bond donors (Lipinski definition) is 0. The number of fused-ring (bicyclic) bond motifs is 1. The van der Waals surface area contributed by atoms with E-state index in [0.717, 1.165) is 24.2 Å². The van der Waals surface area contributed by atoms with Crippen LogP contribution in [0.3, 0.4) is 0 Å². The first-order chi connectivity index (χ1) is 9.87. The fourth-order valence-electron chi connectivity index (χ4n) is 2.87. The third-order valence-corrected chi connectivity index (χ3v) is 4.32. The van der Waals surface area contributed by atoms with Crippen LogP contribution in [0.25, 0.3) is 0 Å². The van der Waals surface area contributed by atoms with Gasteiger partial charge in [-0.3, -0.25) is 4.79 Å². The van der Waals surface area contributed by atoms with E-state index >= 15 is 0 Å². The molecule has 1 aromatic heterocycles. The van der Waals surface area contributed by atoms with Gasteiger partial charge in [0.1, 0.15) is 5.75 Å². The fraction of sp³-hybridized carbons (Fsp3) is 0.353. The number of ether oxygens (including phenoxy) is 1. The van der Waals surface area contributed by atoms with Gasteiger partial charge in [0.25, 0.3) is 11.2 Å². The van der Waals surface area contributed by atoms with Crippen LogP contribution in [-0.2, 0) is 11.8 Å². The molecule has 1 aromatic carbocycles. The van der Waals surface area contributed by atoms with Crippen LogP contribution in [0.5, 0.6) is 11.7 Å². The predicted molar refractivity (Wildman–Crippen MR) is 81.5 cm³/mol. The molecule has 110 valence electrons. The zero-order valence-electron chi connectivity index (χ0n) is 12.3. The first-order valence-corrected chi connectivity index (χ1v) is 7.36. The smallest absolute Gasteiger partial charge is 0.290 e. The van der Waals surface area contributed by atoms with Gasteiger partial charge in [-0.15, -0.1) is 0 Å². The Labute approximate surface area is 128 Å². The van der Waals surface area contributed by atoms with Crippen LogP contribution in [0.2, 0.25) is 0 Å². The molecule has 0 unspecified atom stereocenters. The maximum atomic E-state index is 11.0. The lowest BCUT2D eigenvalue weighted by Gasteiger charge is -2.20. The van der Waals surface area contributed by atoms with Crippen LogP contribution in [0.1, 0.15) is 47.5 Å². The molecule has 0 saturated carbocycles. The molecule has 1 aliphatic carbocycles. The molecule has 3 rings (SSSR count). The van der Waals surface area contributed by atoms with Crippen molar-refractivity contribution in [2.24, 2.45) is 0 Å². The summed E-state index contributed by atoms with van der Waals surface area (Å²) in [6.07, 6.45) is 2.26. The molecule has 0 radical (unpaired) electrons. The lowest BCUT2D eigenvalue weighted by Crippen LogP contribution is -2.11. The quantitative estimate of drug-likeness (QED) is 0.750. The van der Waals surface area contributed by atoms with Crippen molar-refractivity contribution in [1.29, 1.82) is 0 Å². The summed E-state index contributed by atoms with van der Waals surface area (Å²) >= 11 is 5.38. The minimum absolute atomic E-state index is 0.0887. The van der Waals surface area contributed by atoms with Gasteiger partial charge in [0, 0.05) is 6.07 Å². The minimum atomic E-state index is -0.628. The van der Waals surface area contributed by atoms with Crippen LogP contribution in [0.4, 0.5) is 0 Å². The Morgan fingerprint density at radius 3 is 2.76 bits per heavy atom. The van der Waals surface area contributed by atoms with Crippen molar-refractivity contribution in [2.75, 3.05) is 0 Å². The molecule has 2 aromatic rings. The van der Waals surface area contributed by atoms with Crippen LogP contribution in [0, 0.1) is 6.92 Å². The van der Waals surface area contributed by atoms with Gasteiger partial charge in [-0.05, 0) is 65.6 Å². The van der Waals surface area contributed by atoms with Crippen LogP contribution >= 0.6 is 11.6 Å². The second-order valence-electron chi connectivity index (χ2n) is 6.15. The maximum absolute atomic E-state index is 11.0. The third-order valence-electron chi connectivity index (χ3n) is 4.13.